The summed E-state index contributed by atoms with van der Waals surface area (Å²) in [7, 11) is 0. The zero-order chi connectivity index (χ0) is 17.3. The van der Waals surface area contributed by atoms with Crippen molar-refractivity contribution in [2.45, 2.75) is 25.8 Å². The van der Waals surface area contributed by atoms with E-state index < -0.39 is 5.41 Å². The molecule has 6 heteroatoms. The second-order valence-electron chi connectivity index (χ2n) is 6.62. The molecule has 0 saturated carbocycles. The predicted octanol–water partition coefficient (Wildman–Crippen LogP) is 2.70. The fraction of sp³-hybridized carbons (Fsp3) is 0.444. The van der Waals surface area contributed by atoms with E-state index >= 15 is 0 Å². The summed E-state index contributed by atoms with van der Waals surface area (Å²) in [5.41, 5.74) is 0.318. The van der Waals surface area contributed by atoms with Crippen molar-refractivity contribution in [2.75, 3.05) is 19.7 Å². The second-order valence-corrected chi connectivity index (χ2v) is 7.06. The van der Waals surface area contributed by atoms with Gasteiger partial charge in [0.1, 0.15) is 5.75 Å². The largest absolute Gasteiger partial charge is 0.493 e. The third-order valence-electron chi connectivity index (χ3n) is 4.82. The Morgan fingerprint density at radius 2 is 2.29 bits per heavy atom. The van der Waals surface area contributed by atoms with Gasteiger partial charge >= 0.3 is 0 Å². The molecule has 3 rings (SSSR count). The van der Waals surface area contributed by atoms with Gasteiger partial charge in [0, 0.05) is 30.1 Å². The molecule has 1 saturated heterocycles. The van der Waals surface area contributed by atoms with Gasteiger partial charge in [-0.15, -0.1) is 0 Å². The number of nitrogens with one attached hydrogen (secondary N) is 1. The summed E-state index contributed by atoms with van der Waals surface area (Å²) in [6.07, 6.45) is 2.63. The molecule has 0 aliphatic carbocycles. The van der Waals surface area contributed by atoms with Gasteiger partial charge in [-0.25, -0.2) is 0 Å². The minimum absolute atomic E-state index is 0.0420. The van der Waals surface area contributed by atoms with Crippen LogP contribution in [0.4, 0.5) is 0 Å². The number of benzene rings is 1. The van der Waals surface area contributed by atoms with Crippen molar-refractivity contribution in [3.05, 3.63) is 41.4 Å². The monoisotopic (exact) mass is 348 g/mol. The molecule has 1 fully saturated rings. The summed E-state index contributed by atoms with van der Waals surface area (Å²) in [6.45, 7) is 6.95. The Morgan fingerprint density at radius 3 is 3.04 bits per heavy atom. The van der Waals surface area contributed by atoms with E-state index in [1.165, 1.54) is 6.08 Å². The molecule has 2 amide bonds. The molecule has 24 heavy (non-hydrogen) atoms. The fourth-order valence-electron chi connectivity index (χ4n) is 3.31. The molecule has 0 bridgehead atoms. The lowest BCUT2D eigenvalue weighted by Crippen LogP contribution is -2.44. The number of ether oxygens (including phenoxy) is 1. The minimum atomic E-state index is -0.588. The third kappa shape index (κ3) is 3.13. The Hall–Kier alpha value is -2.01. The molecule has 0 radical (unpaired) electrons. The van der Waals surface area contributed by atoms with E-state index in [0.29, 0.717) is 37.6 Å². The average Bonchev–Trinajstić information content (AvgIpc) is 2.98. The van der Waals surface area contributed by atoms with Crippen LogP contribution in [-0.2, 0) is 9.59 Å². The zero-order valence-electron chi connectivity index (χ0n) is 13.7. The Labute approximate surface area is 146 Å². The predicted molar refractivity (Wildman–Crippen MR) is 91.9 cm³/mol. The Morgan fingerprint density at radius 1 is 1.50 bits per heavy atom. The summed E-state index contributed by atoms with van der Waals surface area (Å²) in [4.78, 5) is 26.3. The lowest BCUT2D eigenvalue weighted by Gasteiger charge is -2.30. The number of fused-ring (bicyclic) bond motifs is 1. The number of hydrogen-bond donors (Lipinski definition) is 1. The van der Waals surface area contributed by atoms with Gasteiger partial charge in [0.05, 0.1) is 18.1 Å². The smallest absolute Gasteiger partial charge is 0.245 e. The molecule has 2 unspecified atom stereocenters. The number of halogens is 1. The van der Waals surface area contributed by atoms with Crippen molar-refractivity contribution in [1.29, 1.82) is 0 Å². The number of nitrogens with zero attached hydrogens (tertiary/aromatic N) is 1. The van der Waals surface area contributed by atoms with Crippen LogP contribution in [0.25, 0.3) is 0 Å². The van der Waals surface area contributed by atoms with Crippen LogP contribution in [0.5, 0.6) is 5.75 Å². The van der Waals surface area contributed by atoms with Crippen molar-refractivity contribution in [1.82, 2.24) is 10.2 Å². The summed E-state index contributed by atoms with van der Waals surface area (Å²) >= 11 is 6.08. The first-order chi connectivity index (χ1) is 11.4. The van der Waals surface area contributed by atoms with E-state index in [1.54, 1.807) is 11.0 Å². The van der Waals surface area contributed by atoms with Crippen molar-refractivity contribution in [3.63, 3.8) is 0 Å². The van der Waals surface area contributed by atoms with Gasteiger partial charge in [0.2, 0.25) is 11.8 Å². The first-order valence-electron chi connectivity index (χ1n) is 8.07. The highest BCUT2D eigenvalue weighted by molar-refractivity contribution is 6.30. The summed E-state index contributed by atoms with van der Waals surface area (Å²) < 4.78 is 5.63. The summed E-state index contributed by atoms with van der Waals surface area (Å²) in [5, 5.41) is 3.74. The van der Waals surface area contributed by atoms with Gasteiger partial charge in [0.25, 0.3) is 0 Å². The number of hydrogen-bond acceptors (Lipinski definition) is 3. The quantitative estimate of drug-likeness (QED) is 0.854. The van der Waals surface area contributed by atoms with E-state index in [2.05, 4.69) is 11.9 Å². The Bertz CT molecular complexity index is 691. The van der Waals surface area contributed by atoms with Crippen LogP contribution < -0.4 is 10.1 Å². The van der Waals surface area contributed by atoms with Crippen molar-refractivity contribution < 1.29 is 14.3 Å². The topological polar surface area (TPSA) is 58.6 Å². The molecule has 2 aliphatic heterocycles. The first kappa shape index (κ1) is 16.8. The maximum Gasteiger partial charge on any atom is 0.245 e. The Kier molecular flexibility index (Phi) is 4.54. The van der Waals surface area contributed by atoms with Crippen LogP contribution in [-0.4, -0.2) is 36.4 Å². The van der Waals surface area contributed by atoms with Crippen molar-refractivity contribution in [2.24, 2.45) is 5.41 Å². The van der Waals surface area contributed by atoms with Crippen LogP contribution in [0.1, 0.15) is 31.4 Å². The SMILES string of the molecule is C=CC(=O)N1CCC(C)(C(=O)NC2CCOc3ccc(Cl)cc32)C1. The van der Waals surface area contributed by atoms with Gasteiger partial charge in [-0.05, 0) is 37.6 Å². The maximum absolute atomic E-state index is 12.8. The molecular weight excluding hydrogens is 328 g/mol. The average molecular weight is 349 g/mol. The van der Waals surface area contributed by atoms with E-state index in [0.717, 1.165) is 11.3 Å². The molecule has 1 aromatic carbocycles. The molecule has 5 nitrogen and oxygen atoms in total. The number of carbonyl (C=O) groups excluding carboxylic acids is 2. The van der Waals surface area contributed by atoms with Gasteiger partial charge in [-0.2, -0.15) is 0 Å². The molecule has 2 atom stereocenters. The van der Waals surface area contributed by atoms with Gasteiger partial charge in [0.15, 0.2) is 0 Å². The molecule has 2 heterocycles. The summed E-state index contributed by atoms with van der Waals surface area (Å²) in [5.74, 6) is 0.588. The minimum Gasteiger partial charge on any atom is -0.493 e. The van der Waals surface area contributed by atoms with Gasteiger partial charge in [-0.3, -0.25) is 9.59 Å². The van der Waals surface area contributed by atoms with E-state index in [4.69, 9.17) is 16.3 Å². The number of likely N-dealkylation sites (tertiary alicyclic amines) is 1. The molecular formula is C18H21ClN2O3. The van der Waals surface area contributed by atoms with Crippen LogP contribution in [0.2, 0.25) is 5.02 Å². The summed E-state index contributed by atoms with van der Waals surface area (Å²) in [6, 6.07) is 5.33. The van der Waals surface area contributed by atoms with Gasteiger partial charge in [-0.1, -0.05) is 18.2 Å². The van der Waals surface area contributed by atoms with E-state index in [-0.39, 0.29) is 17.9 Å². The van der Waals surface area contributed by atoms with Crippen LogP contribution >= 0.6 is 11.6 Å². The molecule has 128 valence electrons. The lowest BCUT2D eigenvalue weighted by molar-refractivity contribution is -0.131. The van der Waals surface area contributed by atoms with E-state index in [1.807, 2.05) is 19.1 Å². The van der Waals surface area contributed by atoms with Crippen LogP contribution in [0.15, 0.2) is 30.9 Å². The van der Waals surface area contributed by atoms with Crippen LogP contribution in [0, 0.1) is 5.41 Å². The fourth-order valence-corrected chi connectivity index (χ4v) is 3.49. The zero-order valence-corrected chi connectivity index (χ0v) is 14.4. The maximum atomic E-state index is 12.8. The standard InChI is InChI=1S/C18H21ClN2O3/c1-3-16(22)21-8-7-18(2,11-21)17(23)20-14-6-9-24-15-5-4-12(19)10-13(14)15/h3-5,10,14H,1,6-9,11H2,2H3,(H,20,23). The van der Waals surface area contributed by atoms with Crippen LogP contribution in [0.3, 0.4) is 0 Å². The second kappa shape index (κ2) is 6.48. The Balaban J connectivity index is 1.73. The molecule has 0 aromatic heterocycles. The third-order valence-corrected chi connectivity index (χ3v) is 5.06. The highest BCUT2D eigenvalue weighted by Gasteiger charge is 2.42. The first-order valence-corrected chi connectivity index (χ1v) is 8.45. The lowest BCUT2D eigenvalue weighted by atomic mass is 9.87. The number of carbonyl (C=O) groups is 2. The van der Waals surface area contributed by atoms with Crippen molar-refractivity contribution >= 4 is 23.4 Å². The molecule has 0 spiro atoms. The molecule has 1 N–H and O–H groups in total. The number of rotatable bonds is 3. The van der Waals surface area contributed by atoms with E-state index in [9.17, 15) is 9.59 Å². The number of amides is 2. The van der Waals surface area contributed by atoms with Crippen molar-refractivity contribution in [3.8, 4) is 5.75 Å². The molecule has 1 aromatic rings. The normalized spacial score (nSPS) is 25.6. The highest BCUT2D eigenvalue weighted by atomic mass is 35.5. The molecule has 2 aliphatic rings. The highest BCUT2D eigenvalue weighted by Crippen LogP contribution is 2.36. The van der Waals surface area contributed by atoms with Gasteiger partial charge < -0.3 is 15.0 Å².